The maximum atomic E-state index is 13.9. The molecule has 1 aromatic heterocycles. The molecule has 2 aromatic rings. The second-order valence-electron chi connectivity index (χ2n) is 9.28. The molecule has 34 heavy (non-hydrogen) atoms. The van der Waals surface area contributed by atoms with Crippen molar-refractivity contribution in [3.63, 3.8) is 0 Å². The van der Waals surface area contributed by atoms with Crippen LogP contribution in [-0.2, 0) is 30.2 Å². The molecule has 1 aliphatic heterocycles. The van der Waals surface area contributed by atoms with Crippen LogP contribution in [0.2, 0.25) is 0 Å². The van der Waals surface area contributed by atoms with Crippen molar-refractivity contribution in [2.75, 3.05) is 13.1 Å². The highest BCUT2D eigenvalue weighted by Crippen LogP contribution is 2.40. The molecular formula is C24H28F6N2O2. The minimum absolute atomic E-state index is 0.0588. The van der Waals surface area contributed by atoms with Crippen LogP contribution in [-0.4, -0.2) is 23.9 Å². The summed E-state index contributed by atoms with van der Waals surface area (Å²) in [6, 6.07) is 4.67. The fraction of sp³-hybridized carbons (Fsp3) is 0.542. The summed E-state index contributed by atoms with van der Waals surface area (Å²) >= 11 is 0. The van der Waals surface area contributed by atoms with Crippen molar-refractivity contribution in [3.05, 3.63) is 59.0 Å². The number of carbonyl (C=O) groups is 1. The monoisotopic (exact) mass is 490 g/mol. The van der Waals surface area contributed by atoms with Crippen molar-refractivity contribution < 1.29 is 35.6 Å². The number of amides is 1. The van der Waals surface area contributed by atoms with Gasteiger partial charge in [-0.25, -0.2) is 0 Å². The van der Waals surface area contributed by atoms with Crippen molar-refractivity contribution in [2.45, 2.75) is 58.6 Å². The third-order valence-corrected chi connectivity index (χ3v) is 6.05. The minimum atomic E-state index is -4.96. The largest absolute Gasteiger partial charge is 0.467 e. The van der Waals surface area contributed by atoms with Gasteiger partial charge in [-0.05, 0) is 74.2 Å². The Bertz CT molecular complexity index is 929. The summed E-state index contributed by atoms with van der Waals surface area (Å²) in [5.41, 5.74) is -3.79. The van der Waals surface area contributed by atoms with E-state index in [-0.39, 0.29) is 30.0 Å². The number of hydrogen-bond acceptors (Lipinski definition) is 3. The molecule has 0 spiro atoms. The number of alkyl halides is 6. The number of carbonyl (C=O) groups excluding carboxylic acids is 1. The van der Waals surface area contributed by atoms with Gasteiger partial charge in [0.1, 0.15) is 5.76 Å². The number of halogens is 6. The summed E-state index contributed by atoms with van der Waals surface area (Å²) in [7, 11) is 0. The Morgan fingerprint density at radius 3 is 2.09 bits per heavy atom. The molecule has 4 nitrogen and oxygen atoms in total. The molecule has 0 aliphatic carbocycles. The first-order chi connectivity index (χ1) is 15.8. The van der Waals surface area contributed by atoms with E-state index in [0.717, 1.165) is 0 Å². The van der Waals surface area contributed by atoms with Crippen molar-refractivity contribution in [1.29, 1.82) is 0 Å². The molecule has 10 heteroatoms. The summed E-state index contributed by atoms with van der Waals surface area (Å²) in [5.74, 6) is 0.285. The number of benzene rings is 1. The van der Waals surface area contributed by atoms with E-state index in [1.807, 2.05) is 13.8 Å². The first-order valence-electron chi connectivity index (χ1n) is 11.1. The first-order valence-corrected chi connectivity index (χ1v) is 11.1. The molecule has 0 radical (unpaired) electrons. The van der Waals surface area contributed by atoms with Gasteiger partial charge in [0.25, 0.3) is 0 Å². The molecule has 0 saturated carbocycles. The van der Waals surface area contributed by atoms with Gasteiger partial charge in [-0.1, -0.05) is 13.8 Å². The van der Waals surface area contributed by atoms with Crippen LogP contribution in [0, 0.1) is 11.3 Å². The highest BCUT2D eigenvalue weighted by molar-refractivity contribution is 5.83. The van der Waals surface area contributed by atoms with Crippen molar-refractivity contribution in [1.82, 2.24) is 10.2 Å². The average molecular weight is 490 g/mol. The number of piperidine rings is 1. The predicted molar refractivity (Wildman–Crippen MR) is 113 cm³/mol. The molecule has 1 N–H and O–H groups in total. The number of nitrogens with one attached hydrogen (secondary N) is 1. The first kappa shape index (κ1) is 26.1. The van der Waals surface area contributed by atoms with Gasteiger partial charge >= 0.3 is 12.4 Å². The summed E-state index contributed by atoms with van der Waals surface area (Å²) < 4.78 is 85.5. The lowest BCUT2D eigenvalue weighted by molar-refractivity contribution is -0.146. The normalized spacial score (nSPS) is 16.6. The van der Waals surface area contributed by atoms with Crippen LogP contribution < -0.4 is 5.32 Å². The third kappa shape index (κ3) is 6.34. The van der Waals surface area contributed by atoms with Crippen LogP contribution >= 0.6 is 0 Å². The predicted octanol–water partition coefficient (Wildman–Crippen LogP) is 6.26. The van der Waals surface area contributed by atoms with E-state index in [1.165, 1.54) is 11.2 Å². The second-order valence-corrected chi connectivity index (χ2v) is 9.28. The van der Waals surface area contributed by atoms with Gasteiger partial charge < -0.3 is 14.6 Å². The quantitative estimate of drug-likeness (QED) is 0.466. The van der Waals surface area contributed by atoms with E-state index in [9.17, 15) is 31.1 Å². The van der Waals surface area contributed by atoms with Crippen molar-refractivity contribution >= 4 is 5.91 Å². The Labute approximate surface area is 194 Å². The third-order valence-electron chi connectivity index (χ3n) is 6.05. The van der Waals surface area contributed by atoms with Crippen molar-refractivity contribution in [2.24, 2.45) is 11.3 Å². The van der Waals surface area contributed by atoms with Crippen LogP contribution in [0.15, 0.2) is 41.0 Å². The summed E-state index contributed by atoms with van der Waals surface area (Å²) in [5, 5.41) is 3.21. The van der Waals surface area contributed by atoms with E-state index in [0.29, 0.717) is 50.2 Å². The van der Waals surface area contributed by atoms with Gasteiger partial charge in [-0.2, -0.15) is 26.3 Å². The van der Waals surface area contributed by atoms with Gasteiger partial charge in [0.2, 0.25) is 5.91 Å². The molecule has 3 rings (SSSR count). The van der Waals surface area contributed by atoms with Crippen LogP contribution in [0.5, 0.6) is 0 Å². The van der Waals surface area contributed by atoms with Gasteiger partial charge in [-0.15, -0.1) is 0 Å². The van der Waals surface area contributed by atoms with E-state index in [4.69, 9.17) is 4.42 Å². The lowest BCUT2D eigenvalue weighted by Crippen LogP contribution is -2.49. The number of hydrogen-bond donors (Lipinski definition) is 1. The molecule has 1 saturated heterocycles. The highest BCUT2D eigenvalue weighted by atomic mass is 19.4. The average Bonchev–Trinajstić information content (AvgIpc) is 3.24. The zero-order chi connectivity index (χ0) is 25.1. The Morgan fingerprint density at radius 1 is 1.03 bits per heavy atom. The Hall–Kier alpha value is -2.49. The van der Waals surface area contributed by atoms with Crippen LogP contribution in [0.25, 0.3) is 0 Å². The fourth-order valence-corrected chi connectivity index (χ4v) is 4.65. The molecule has 0 atom stereocenters. The second kappa shape index (κ2) is 10.0. The minimum Gasteiger partial charge on any atom is -0.467 e. The zero-order valence-electron chi connectivity index (χ0n) is 19.0. The summed E-state index contributed by atoms with van der Waals surface area (Å²) in [6.45, 7) is 4.72. The van der Waals surface area contributed by atoms with Crippen LogP contribution in [0.1, 0.15) is 55.6 Å². The van der Waals surface area contributed by atoms with Gasteiger partial charge in [0.15, 0.2) is 0 Å². The van der Waals surface area contributed by atoms with E-state index < -0.39 is 35.4 Å². The summed E-state index contributed by atoms with van der Waals surface area (Å²) in [6.07, 6.45) is -6.87. The number of nitrogens with zero attached hydrogens (tertiary/aromatic N) is 1. The molecule has 0 bridgehead atoms. The molecular weight excluding hydrogens is 462 g/mol. The van der Waals surface area contributed by atoms with E-state index in [2.05, 4.69) is 5.32 Å². The van der Waals surface area contributed by atoms with Gasteiger partial charge in [0.05, 0.1) is 29.3 Å². The Kier molecular flexibility index (Phi) is 7.69. The standard InChI is InChI=1S/C24H28F6N2O2/c1-16(2)13-22(5-7-31-8-6-22)21(33)32(15-20-4-3-9-34-20)14-17-10-18(23(25,26)27)12-19(11-17)24(28,29)30/h3-4,9-12,16,31H,5-8,13-15H2,1-2H3. The molecule has 1 aliphatic rings. The van der Waals surface area contributed by atoms with Crippen LogP contribution in [0.3, 0.4) is 0 Å². The fourth-order valence-electron chi connectivity index (χ4n) is 4.65. The molecule has 0 unspecified atom stereocenters. The maximum absolute atomic E-state index is 13.9. The topological polar surface area (TPSA) is 45.5 Å². The summed E-state index contributed by atoms with van der Waals surface area (Å²) in [4.78, 5) is 15.2. The smallest absolute Gasteiger partial charge is 0.416 e. The SMILES string of the molecule is CC(C)CC1(C(=O)N(Cc2cc(C(F)(F)F)cc(C(F)(F)F)c2)Cc2ccco2)CCNCC1. The Morgan fingerprint density at radius 2 is 1.62 bits per heavy atom. The van der Waals surface area contributed by atoms with Crippen molar-refractivity contribution in [3.8, 4) is 0 Å². The molecule has 1 amide bonds. The molecule has 188 valence electrons. The van der Waals surface area contributed by atoms with Gasteiger partial charge in [-0.3, -0.25) is 4.79 Å². The highest BCUT2D eigenvalue weighted by Gasteiger charge is 2.43. The lowest BCUT2D eigenvalue weighted by Gasteiger charge is -2.41. The lowest BCUT2D eigenvalue weighted by atomic mass is 9.72. The number of furan rings is 1. The molecule has 1 fully saturated rings. The number of rotatable bonds is 7. The Balaban J connectivity index is 2.02. The van der Waals surface area contributed by atoms with E-state index >= 15 is 0 Å². The maximum Gasteiger partial charge on any atom is 0.416 e. The van der Waals surface area contributed by atoms with Crippen LogP contribution in [0.4, 0.5) is 26.3 Å². The van der Waals surface area contributed by atoms with Gasteiger partial charge in [0, 0.05) is 6.54 Å². The van der Waals surface area contributed by atoms with E-state index in [1.54, 1.807) is 12.1 Å². The molecule has 1 aromatic carbocycles. The zero-order valence-corrected chi connectivity index (χ0v) is 19.0. The molecule has 2 heterocycles.